The minimum absolute atomic E-state index is 0.129. The first-order valence-corrected chi connectivity index (χ1v) is 7.84. The molecule has 1 aromatic rings. The third kappa shape index (κ3) is 4.07. The van der Waals surface area contributed by atoms with Crippen LogP contribution in [0.4, 0.5) is 0 Å². The van der Waals surface area contributed by atoms with Crippen LogP contribution in [0.2, 0.25) is 0 Å². The van der Waals surface area contributed by atoms with Gasteiger partial charge in [0.2, 0.25) is 5.91 Å². The van der Waals surface area contributed by atoms with E-state index >= 15 is 0 Å². The molecule has 132 valence electrons. The Hall–Kier alpha value is -2.06. The Balaban J connectivity index is 2.21. The number of aryl methyl sites for hydroxylation is 2. The van der Waals surface area contributed by atoms with E-state index in [-0.39, 0.29) is 31.4 Å². The Labute approximate surface area is 141 Å². The molecule has 0 unspecified atom stereocenters. The summed E-state index contributed by atoms with van der Waals surface area (Å²) in [6.45, 7) is 4.87. The molecule has 1 aromatic heterocycles. The van der Waals surface area contributed by atoms with Crippen molar-refractivity contribution in [3.05, 3.63) is 23.3 Å². The summed E-state index contributed by atoms with van der Waals surface area (Å²) in [7, 11) is 3.12. The van der Waals surface area contributed by atoms with Gasteiger partial charge >= 0.3 is 0 Å². The minimum Gasteiger partial charge on any atom is -0.382 e. The van der Waals surface area contributed by atoms with Gasteiger partial charge in [-0.1, -0.05) is 0 Å². The first-order chi connectivity index (χ1) is 11.4. The lowest BCUT2D eigenvalue weighted by Crippen LogP contribution is -2.57. The van der Waals surface area contributed by atoms with Crippen LogP contribution in [0, 0.1) is 13.8 Å². The van der Waals surface area contributed by atoms with E-state index in [2.05, 4.69) is 15.3 Å². The van der Waals surface area contributed by atoms with Crippen molar-refractivity contribution in [1.82, 2.24) is 20.2 Å². The fourth-order valence-corrected chi connectivity index (χ4v) is 2.87. The molecule has 0 aromatic carbocycles. The van der Waals surface area contributed by atoms with Crippen molar-refractivity contribution in [1.29, 1.82) is 0 Å². The summed E-state index contributed by atoms with van der Waals surface area (Å²) < 4.78 is 11.1. The molecule has 0 spiro atoms. The summed E-state index contributed by atoms with van der Waals surface area (Å²) in [5.74, 6) is 0.309. The van der Waals surface area contributed by atoms with Crippen LogP contribution in [0.3, 0.4) is 0 Å². The first kappa shape index (κ1) is 18.3. The highest BCUT2D eigenvalue weighted by Crippen LogP contribution is 2.24. The number of methoxy groups -OCH3 is 1. The third-order valence-electron chi connectivity index (χ3n) is 4.03. The SMILES string of the molecule is CNC(=O)C[C@@]1(COC)CN(C(=O)c2cnc(C)nc2C)CCO1. The number of carbonyl (C=O) groups excluding carboxylic acids is 2. The molecule has 8 nitrogen and oxygen atoms in total. The van der Waals surface area contributed by atoms with E-state index in [1.165, 1.54) is 0 Å². The standard InChI is InChI=1S/C16H24N4O4/c1-11-13(8-18-12(2)19-11)15(22)20-5-6-24-16(9-20,10-23-4)7-14(21)17-3/h8H,5-7,9-10H2,1-4H3,(H,17,21)/t16-/m0/s1. The molecule has 1 atom stereocenters. The highest BCUT2D eigenvalue weighted by molar-refractivity contribution is 5.95. The van der Waals surface area contributed by atoms with Crippen LogP contribution in [0.15, 0.2) is 6.20 Å². The molecule has 2 heterocycles. The van der Waals surface area contributed by atoms with Crippen molar-refractivity contribution < 1.29 is 19.1 Å². The van der Waals surface area contributed by atoms with Gasteiger partial charge in [0.1, 0.15) is 11.4 Å². The average molecular weight is 336 g/mol. The number of morpholine rings is 1. The molecule has 2 amide bonds. The monoisotopic (exact) mass is 336 g/mol. The van der Waals surface area contributed by atoms with Crippen LogP contribution in [0.25, 0.3) is 0 Å². The van der Waals surface area contributed by atoms with E-state index in [4.69, 9.17) is 9.47 Å². The van der Waals surface area contributed by atoms with Crippen molar-refractivity contribution in [2.75, 3.05) is 40.5 Å². The molecular weight excluding hydrogens is 312 g/mol. The Morgan fingerprint density at radius 1 is 1.46 bits per heavy atom. The molecule has 1 saturated heterocycles. The van der Waals surface area contributed by atoms with Crippen LogP contribution in [-0.4, -0.2) is 72.7 Å². The molecule has 0 bridgehead atoms. The van der Waals surface area contributed by atoms with Crippen molar-refractivity contribution >= 4 is 11.8 Å². The number of hydrogen-bond donors (Lipinski definition) is 1. The van der Waals surface area contributed by atoms with E-state index in [0.29, 0.717) is 30.2 Å². The van der Waals surface area contributed by atoms with Gasteiger partial charge in [-0.2, -0.15) is 0 Å². The fraction of sp³-hybridized carbons (Fsp3) is 0.625. The lowest BCUT2D eigenvalue weighted by molar-refractivity contribution is -0.150. The Morgan fingerprint density at radius 3 is 2.83 bits per heavy atom. The maximum Gasteiger partial charge on any atom is 0.257 e. The highest BCUT2D eigenvalue weighted by atomic mass is 16.5. The number of amides is 2. The predicted octanol–water partition coefficient (Wildman–Crippen LogP) is 0.0871. The number of ether oxygens (including phenoxy) is 2. The minimum atomic E-state index is -0.845. The van der Waals surface area contributed by atoms with Crippen molar-refractivity contribution in [2.24, 2.45) is 0 Å². The van der Waals surface area contributed by atoms with E-state index in [1.54, 1.807) is 39.1 Å². The summed E-state index contributed by atoms with van der Waals surface area (Å²) in [5.41, 5.74) is 0.263. The zero-order valence-electron chi connectivity index (χ0n) is 14.6. The van der Waals surface area contributed by atoms with Crippen LogP contribution in [0.1, 0.15) is 28.3 Å². The van der Waals surface area contributed by atoms with Gasteiger partial charge in [-0.3, -0.25) is 9.59 Å². The molecule has 1 N–H and O–H groups in total. The molecule has 0 aliphatic carbocycles. The van der Waals surface area contributed by atoms with Gasteiger partial charge < -0.3 is 19.7 Å². The Bertz CT molecular complexity index is 618. The largest absolute Gasteiger partial charge is 0.382 e. The zero-order chi connectivity index (χ0) is 17.7. The van der Waals surface area contributed by atoms with Gasteiger partial charge in [-0.05, 0) is 13.8 Å². The lowest BCUT2D eigenvalue weighted by atomic mass is 9.97. The van der Waals surface area contributed by atoms with E-state index in [1.807, 2.05) is 0 Å². The van der Waals surface area contributed by atoms with Gasteiger partial charge in [-0.15, -0.1) is 0 Å². The molecule has 1 fully saturated rings. The fourth-order valence-electron chi connectivity index (χ4n) is 2.87. The molecule has 24 heavy (non-hydrogen) atoms. The van der Waals surface area contributed by atoms with Crippen molar-refractivity contribution in [3.63, 3.8) is 0 Å². The van der Waals surface area contributed by atoms with Crippen molar-refractivity contribution in [2.45, 2.75) is 25.9 Å². The third-order valence-corrected chi connectivity index (χ3v) is 4.03. The predicted molar refractivity (Wildman–Crippen MR) is 86.7 cm³/mol. The molecule has 8 heteroatoms. The Kier molecular flexibility index (Phi) is 5.84. The maximum absolute atomic E-state index is 12.8. The lowest BCUT2D eigenvalue weighted by Gasteiger charge is -2.42. The van der Waals surface area contributed by atoms with Gasteiger partial charge in [0, 0.05) is 26.9 Å². The van der Waals surface area contributed by atoms with E-state index < -0.39 is 5.60 Å². The van der Waals surface area contributed by atoms with Crippen LogP contribution in [-0.2, 0) is 14.3 Å². The Morgan fingerprint density at radius 2 is 2.21 bits per heavy atom. The molecule has 0 saturated carbocycles. The first-order valence-electron chi connectivity index (χ1n) is 7.84. The van der Waals surface area contributed by atoms with Gasteiger partial charge in [0.25, 0.3) is 5.91 Å². The summed E-state index contributed by atoms with van der Waals surface area (Å²) >= 11 is 0. The molecule has 1 aliphatic heterocycles. The second-order valence-electron chi connectivity index (χ2n) is 5.96. The molecule has 0 radical (unpaired) electrons. The van der Waals surface area contributed by atoms with Crippen LogP contribution in [0.5, 0.6) is 0 Å². The number of rotatable bonds is 5. The van der Waals surface area contributed by atoms with E-state index in [9.17, 15) is 9.59 Å². The van der Waals surface area contributed by atoms with Crippen molar-refractivity contribution in [3.8, 4) is 0 Å². The van der Waals surface area contributed by atoms with Gasteiger partial charge in [0.05, 0.1) is 37.4 Å². The van der Waals surface area contributed by atoms with Gasteiger partial charge in [-0.25, -0.2) is 9.97 Å². The number of carbonyl (C=O) groups is 2. The summed E-state index contributed by atoms with van der Waals surface area (Å²) in [6.07, 6.45) is 1.68. The topological polar surface area (TPSA) is 93.7 Å². The molecule has 1 aliphatic rings. The zero-order valence-corrected chi connectivity index (χ0v) is 14.6. The van der Waals surface area contributed by atoms with Crippen LogP contribution >= 0.6 is 0 Å². The number of hydrogen-bond acceptors (Lipinski definition) is 6. The van der Waals surface area contributed by atoms with Crippen LogP contribution < -0.4 is 5.32 Å². The molecular formula is C16H24N4O4. The van der Waals surface area contributed by atoms with Gasteiger partial charge in [0.15, 0.2) is 0 Å². The summed E-state index contributed by atoms with van der Waals surface area (Å²) in [5, 5.41) is 2.59. The van der Waals surface area contributed by atoms with E-state index in [0.717, 1.165) is 0 Å². The average Bonchev–Trinajstić information content (AvgIpc) is 2.54. The number of aromatic nitrogens is 2. The quantitative estimate of drug-likeness (QED) is 0.819. The smallest absolute Gasteiger partial charge is 0.257 e. The summed E-state index contributed by atoms with van der Waals surface area (Å²) in [6, 6.07) is 0. The number of nitrogens with zero attached hydrogens (tertiary/aromatic N) is 3. The molecule has 2 rings (SSSR count). The maximum atomic E-state index is 12.8. The second kappa shape index (κ2) is 7.67. The highest BCUT2D eigenvalue weighted by Gasteiger charge is 2.40. The number of nitrogens with one attached hydrogen (secondary N) is 1. The normalized spacial score (nSPS) is 20.8. The second-order valence-corrected chi connectivity index (χ2v) is 5.96. The summed E-state index contributed by atoms with van der Waals surface area (Å²) in [4.78, 5) is 34.7.